The van der Waals surface area contributed by atoms with Crippen molar-refractivity contribution in [1.82, 2.24) is 10.3 Å². The first-order valence-electron chi connectivity index (χ1n) is 11.3. The number of hydrogen-bond acceptors (Lipinski definition) is 2. The van der Waals surface area contributed by atoms with Gasteiger partial charge in [-0.15, -0.1) is 0 Å². The van der Waals surface area contributed by atoms with Crippen LogP contribution < -0.4 is 5.32 Å². The summed E-state index contributed by atoms with van der Waals surface area (Å²) in [7, 11) is 0. The van der Waals surface area contributed by atoms with E-state index in [0.29, 0.717) is 18.1 Å². The maximum absolute atomic E-state index is 11.8. The van der Waals surface area contributed by atoms with Crippen LogP contribution in [0.1, 0.15) is 75.2 Å². The zero-order valence-corrected chi connectivity index (χ0v) is 18.1. The minimum atomic E-state index is -0.143. The van der Waals surface area contributed by atoms with Gasteiger partial charge in [-0.3, -0.25) is 4.79 Å². The Morgan fingerprint density at radius 2 is 1.63 bits per heavy atom. The fourth-order valence-corrected chi connectivity index (χ4v) is 3.68. The number of carbonyl (C=O) groups excluding carboxylic acids is 1. The molecule has 2 heterocycles. The first kappa shape index (κ1) is 21.9. The van der Waals surface area contributed by atoms with Gasteiger partial charge in [0.05, 0.1) is 5.70 Å². The molecule has 4 nitrogen and oxygen atoms in total. The van der Waals surface area contributed by atoms with Crippen molar-refractivity contribution in [2.24, 2.45) is 0 Å². The van der Waals surface area contributed by atoms with Gasteiger partial charge in [0.25, 0.3) is 5.91 Å². The van der Waals surface area contributed by atoms with Crippen LogP contribution in [0.4, 0.5) is 0 Å². The molecule has 30 heavy (non-hydrogen) atoms. The zero-order chi connectivity index (χ0) is 21.0. The quantitative estimate of drug-likeness (QED) is 0.385. The van der Waals surface area contributed by atoms with Crippen molar-refractivity contribution in [3.63, 3.8) is 0 Å². The van der Waals surface area contributed by atoms with Crippen LogP contribution in [0.5, 0.6) is 0 Å². The second-order valence-electron chi connectivity index (χ2n) is 7.99. The van der Waals surface area contributed by atoms with E-state index in [1.807, 2.05) is 36.4 Å². The molecular formula is C26H34N2O2. The summed E-state index contributed by atoms with van der Waals surface area (Å²) in [5.41, 5.74) is 4.00. The highest BCUT2D eigenvalue weighted by Crippen LogP contribution is 2.20. The predicted molar refractivity (Wildman–Crippen MR) is 123 cm³/mol. The van der Waals surface area contributed by atoms with Gasteiger partial charge >= 0.3 is 0 Å². The van der Waals surface area contributed by atoms with Crippen LogP contribution in [0.25, 0.3) is 6.08 Å². The van der Waals surface area contributed by atoms with Crippen molar-refractivity contribution < 1.29 is 9.53 Å². The molecule has 0 atom stereocenters. The summed E-state index contributed by atoms with van der Waals surface area (Å²) in [6.45, 7) is 2.70. The lowest BCUT2D eigenvalue weighted by molar-refractivity contribution is -0.115. The molecular weight excluding hydrogens is 372 g/mol. The minimum Gasteiger partial charge on any atom is -0.487 e. The van der Waals surface area contributed by atoms with E-state index in [2.05, 4.69) is 29.4 Å². The van der Waals surface area contributed by atoms with Gasteiger partial charge in [-0.2, -0.15) is 0 Å². The summed E-state index contributed by atoms with van der Waals surface area (Å²) < 4.78 is 5.87. The smallest absolute Gasteiger partial charge is 0.252 e. The number of aromatic amines is 1. The molecule has 0 saturated heterocycles. The molecule has 2 aromatic rings. The number of aromatic nitrogens is 1. The predicted octanol–water partition coefficient (Wildman–Crippen LogP) is 6.27. The number of rotatable bonds is 13. The number of ether oxygens (including phenoxy) is 1. The molecule has 0 aliphatic carbocycles. The Morgan fingerprint density at radius 3 is 2.40 bits per heavy atom. The number of carbonyl (C=O) groups is 1. The maximum Gasteiger partial charge on any atom is 0.252 e. The van der Waals surface area contributed by atoms with Crippen molar-refractivity contribution in [1.29, 1.82) is 0 Å². The number of aryl methyl sites for hydroxylation is 1. The van der Waals surface area contributed by atoms with Crippen LogP contribution in [0.3, 0.4) is 0 Å². The van der Waals surface area contributed by atoms with E-state index < -0.39 is 0 Å². The number of amides is 1. The number of benzene rings is 1. The van der Waals surface area contributed by atoms with Gasteiger partial charge in [-0.1, -0.05) is 82.2 Å². The molecule has 0 unspecified atom stereocenters. The number of nitrogens with one attached hydrogen (secondary N) is 2. The van der Waals surface area contributed by atoms with Gasteiger partial charge in [-0.05, 0) is 36.6 Å². The number of H-pyrrole nitrogens is 1. The average Bonchev–Trinajstić information content (AvgIpc) is 3.35. The van der Waals surface area contributed by atoms with Crippen LogP contribution >= 0.6 is 0 Å². The summed E-state index contributed by atoms with van der Waals surface area (Å²) in [5.74, 6) is 0.443. The number of unbranched alkanes of at least 4 members (excludes halogenated alkanes) is 7. The monoisotopic (exact) mass is 406 g/mol. The molecule has 0 radical (unpaired) electrons. The molecule has 0 bridgehead atoms. The fraction of sp³-hybridized carbons (Fsp3) is 0.423. The Morgan fingerprint density at radius 1 is 0.900 bits per heavy atom. The molecule has 3 rings (SSSR count). The molecule has 1 amide bonds. The second kappa shape index (κ2) is 12.1. The summed E-state index contributed by atoms with van der Waals surface area (Å²) in [6.07, 6.45) is 15.2. The minimum absolute atomic E-state index is 0.143. The van der Waals surface area contributed by atoms with Crippen LogP contribution in [0.15, 0.2) is 60.0 Å². The van der Waals surface area contributed by atoms with Crippen molar-refractivity contribution >= 4 is 12.0 Å². The Kier molecular flexibility index (Phi) is 8.82. The van der Waals surface area contributed by atoms with Crippen LogP contribution in [-0.2, 0) is 22.6 Å². The standard InChI is InChI=1S/C26H34N2O2/c1-2-3-4-5-6-7-8-12-15-22-16-17-23(27-22)18-24-25(19-26(29)28-24)30-20-21-13-10-9-11-14-21/h9-11,13-14,16-19,27H,2-8,12,15,20H2,1H3,(H,28,29)/b24-18-. The Bertz CT molecular complexity index is 849. The summed E-state index contributed by atoms with van der Waals surface area (Å²) in [4.78, 5) is 15.3. The number of hydrogen-bond donors (Lipinski definition) is 2. The highest BCUT2D eigenvalue weighted by Gasteiger charge is 2.19. The van der Waals surface area contributed by atoms with Gasteiger partial charge in [0.1, 0.15) is 12.4 Å². The van der Waals surface area contributed by atoms with Gasteiger partial charge in [-0.25, -0.2) is 0 Å². The lowest BCUT2D eigenvalue weighted by Crippen LogP contribution is -2.14. The summed E-state index contributed by atoms with van der Waals surface area (Å²) in [5, 5.41) is 2.86. The van der Waals surface area contributed by atoms with Crippen molar-refractivity contribution in [2.75, 3.05) is 0 Å². The highest BCUT2D eigenvalue weighted by atomic mass is 16.5. The zero-order valence-electron chi connectivity index (χ0n) is 18.1. The Hall–Kier alpha value is -2.75. The molecule has 0 saturated carbocycles. The molecule has 0 spiro atoms. The topological polar surface area (TPSA) is 54.1 Å². The van der Waals surface area contributed by atoms with Crippen LogP contribution in [0, 0.1) is 0 Å². The Labute approximate surface area is 180 Å². The fourth-order valence-electron chi connectivity index (χ4n) is 3.68. The molecule has 4 heteroatoms. The molecule has 1 aromatic carbocycles. The van der Waals surface area contributed by atoms with E-state index in [1.54, 1.807) is 0 Å². The van der Waals surface area contributed by atoms with Crippen molar-refractivity contribution in [3.05, 3.63) is 76.9 Å². The van der Waals surface area contributed by atoms with E-state index in [4.69, 9.17) is 4.74 Å². The highest BCUT2D eigenvalue weighted by molar-refractivity contribution is 5.95. The molecule has 0 fully saturated rings. The van der Waals surface area contributed by atoms with Crippen LogP contribution in [-0.4, -0.2) is 10.9 Å². The third kappa shape index (κ3) is 7.25. The van der Waals surface area contributed by atoms with E-state index in [1.165, 1.54) is 63.1 Å². The van der Waals surface area contributed by atoms with E-state index in [-0.39, 0.29) is 5.91 Å². The lowest BCUT2D eigenvalue weighted by Gasteiger charge is -2.08. The SMILES string of the molecule is CCCCCCCCCCc1ccc(/C=C2\NC(=O)C=C2OCc2ccccc2)[nH]1. The van der Waals surface area contributed by atoms with Gasteiger partial charge in [0, 0.05) is 17.5 Å². The van der Waals surface area contributed by atoms with Gasteiger partial charge < -0.3 is 15.0 Å². The molecule has 1 aliphatic heterocycles. The lowest BCUT2D eigenvalue weighted by atomic mass is 10.1. The molecule has 2 N–H and O–H groups in total. The van der Waals surface area contributed by atoms with Crippen molar-refractivity contribution in [2.45, 2.75) is 71.3 Å². The molecule has 1 aromatic heterocycles. The maximum atomic E-state index is 11.8. The van der Waals surface area contributed by atoms with E-state index in [0.717, 1.165) is 17.7 Å². The summed E-state index contributed by atoms with van der Waals surface area (Å²) >= 11 is 0. The van der Waals surface area contributed by atoms with Crippen LogP contribution in [0.2, 0.25) is 0 Å². The normalized spacial score (nSPS) is 14.8. The summed E-state index contributed by atoms with van der Waals surface area (Å²) in [6, 6.07) is 14.2. The molecule has 160 valence electrons. The van der Waals surface area contributed by atoms with Gasteiger partial charge in [0.15, 0.2) is 0 Å². The van der Waals surface area contributed by atoms with Crippen molar-refractivity contribution in [3.8, 4) is 0 Å². The molecule has 1 aliphatic rings. The first-order valence-corrected chi connectivity index (χ1v) is 11.3. The Balaban J connectivity index is 1.45. The third-order valence-electron chi connectivity index (χ3n) is 5.39. The van der Waals surface area contributed by atoms with E-state index in [9.17, 15) is 4.79 Å². The van der Waals surface area contributed by atoms with E-state index >= 15 is 0 Å². The second-order valence-corrected chi connectivity index (χ2v) is 7.99. The third-order valence-corrected chi connectivity index (χ3v) is 5.39. The van der Waals surface area contributed by atoms with Gasteiger partial charge in [0.2, 0.25) is 0 Å². The largest absolute Gasteiger partial charge is 0.487 e. The first-order chi connectivity index (χ1) is 14.7. The average molecular weight is 407 g/mol.